The molecule has 4 saturated carbocycles. The van der Waals surface area contributed by atoms with Gasteiger partial charge in [0.25, 0.3) is 0 Å². The lowest BCUT2D eigenvalue weighted by Crippen LogP contribution is -2.35. The van der Waals surface area contributed by atoms with E-state index in [-0.39, 0.29) is 10.8 Å². The van der Waals surface area contributed by atoms with E-state index in [0.717, 1.165) is 55.4 Å². The number of aromatic nitrogens is 1. The van der Waals surface area contributed by atoms with Gasteiger partial charge in [-0.2, -0.15) is 0 Å². The molecule has 0 amide bonds. The van der Waals surface area contributed by atoms with E-state index in [9.17, 15) is 15.3 Å². The highest BCUT2D eigenvalue weighted by molar-refractivity contribution is 5.38. The molecule has 5 heteroatoms. The second-order valence-electron chi connectivity index (χ2n) is 13.2. The van der Waals surface area contributed by atoms with Gasteiger partial charge >= 0.3 is 0 Å². The van der Waals surface area contributed by atoms with E-state index >= 15 is 0 Å². The van der Waals surface area contributed by atoms with Crippen LogP contribution in [0, 0.1) is 23.2 Å². The molecule has 3 N–H and O–H groups in total. The van der Waals surface area contributed by atoms with E-state index < -0.39 is 18.3 Å². The van der Waals surface area contributed by atoms with Crippen molar-refractivity contribution in [1.82, 2.24) is 4.98 Å². The maximum atomic E-state index is 11.2. The molecule has 7 atom stereocenters. The van der Waals surface area contributed by atoms with Gasteiger partial charge in [-0.3, -0.25) is 0 Å². The Labute approximate surface area is 234 Å². The number of unbranched alkanes of at least 4 members (excludes halogenated alkanes) is 1. The van der Waals surface area contributed by atoms with E-state index in [4.69, 9.17) is 4.42 Å². The van der Waals surface area contributed by atoms with Gasteiger partial charge in [0, 0.05) is 12.8 Å². The summed E-state index contributed by atoms with van der Waals surface area (Å²) in [5, 5.41) is 31.6. The van der Waals surface area contributed by atoms with Crippen molar-refractivity contribution in [3.05, 3.63) is 65.5 Å². The molecule has 39 heavy (non-hydrogen) atoms. The molecule has 0 unspecified atom stereocenters. The second kappa shape index (κ2) is 11.5. The van der Waals surface area contributed by atoms with Crippen LogP contribution < -0.4 is 0 Å². The van der Waals surface area contributed by atoms with Crippen LogP contribution in [0.5, 0.6) is 0 Å². The van der Waals surface area contributed by atoms with Gasteiger partial charge in [0.15, 0.2) is 0 Å². The molecular weight excluding hydrogens is 486 g/mol. The van der Waals surface area contributed by atoms with Gasteiger partial charge < -0.3 is 19.7 Å². The Kier molecular flexibility index (Phi) is 8.43. The first-order valence-corrected chi connectivity index (χ1v) is 15.4. The largest absolute Gasteiger partial charge is 0.445 e. The summed E-state index contributed by atoms with van der Waals surface area (Å²) in [4.78, 5) is 4.56. The topological polar surface area (TPSA) is 86.7 Å². The number of aliphatic hydroxyl groups is 3. The van der Waals surface area contributed by atoms with Gasteiger partial charge in [0.2, 0.25) is 5.89 Å². The zero-order valence-electron chi connectivity index (χ0n) is 24.2. The van der Waals surface area contributed by atoms with Crippen molar-refractivity contribution in [2.75, 3.05) is 0 Å². The molecule has 4 aliphatic carbocycles. The van der Waals surface area contributed by atoms with Crippen LogP contribution in [-0.4, -0.2) is 38.6 Å². The van der Waals surface area contributed by atoms with Crippen LogP contribution in [0.1, 0.15) is 103 Å². The van der Waals surface area contributed by atoms with E-state index in [1.165, 1.54) is 31.3 Å². The molecule has 1 aromatic heterocycles. The summed E-state index contributed by atoms with van der Waals surface area (Å²) in [5.41, 5.74) is 3.15. The quantitative estimate of drug-likeness (QED) is 0.305. The molecule has 0 radical (unpaired) electrons. The molecule has 1 aromatic rings. The SMILES string of the molecule is C=C1/C(=C\C=C2/CCC[C@]3(C)[C@@H]([C@@H](C)/C=C/[C@@H](O)C4(c5ncc(CCCC)o5)CC4)CC[C@@H]23)C[C@@H](O)C[C@@H]1O. The van der Waals surface area contributed by atoms with Gasteiger partial charge in [0.1, 0.15) is 5.76 Å². The van der Waals surface area contributed by atoms with E-state index in [2.05, 4.69) is 50.6 Å². The fourth-order valence-electron chi connectivity index (χ4n) is 7.98. The van der Waals surface area contributed by atoms with E-state index in [0.29, 0.717) is 36.5 Å². The standard InChI is InChI=1S/C34H49NO4/c1-5-6-9-27-21-35-32(39-27)34(17-18-34)31(38)15-10-22(2)28-13-14-29-24(8-7-16-33(28,29)4)11-12-25-19-26(36)20-30(37)23(25)3/h10-12,15,21-22,26,28-31,36-38H,3,5-9,13-14,16-20H2,1-2,4H3/b15-10+,24-11+,25-12-/t22-,26+,28+,29-,30-,31+,33+/m0/s1. The highest BCUT2D eigenvalue weighted by Gasteiger charge is 2.54. The summed E-state index contributed by atoms with van der Waals surface area (Å²) < 4.78 is 6.08. The Morgan fingerprint density at radius 2 is 1.97 bits per heavy atom. The number of oxazole rings is 1. The normalized spacial score (nSPS) is 36.0. The fraction of sp³-hybridized carbons (Fsp3) is 0.676. The van der Waals surface area contributed by atoms with Crippen molar-refractivity contribution in [1.29, 1.82) is 0 Å². The molecule has 5 rings (SSSR count). The Morgan fingerprint density at radius 3 is 2.72 bits per heavy atom. The smallest absolute Gasteiger partial charge is 0.203 e. The predicted molar refractivity (Wildman–Crippen MR) is 155 cm³/mol. The molecular formula is C34H49NO4. The number of rotatable bonds is 9. The average Bonchev–Trinajstić information content (AvgIpc) is 3.44. The minimum Gasteiger partial charge on any atom is -0.445 e. The lowest BCUT2D eigenvalue weighted by molar-refractivity contribution is 0.0862. The third-order valence-corrected chi connectivity index (χ3v) is 10.6. The third kappa shape index (κ3) is 5.64. The molecule has 4 fully saturated rings. The summed E-state index contributed by atoms with van der Waals surface area (Å²) in [6.45, 7) is 11.1. The van der Waals surface area contributed by atoms with Gasteiger partial charge in [-0.05, 0) is 92.1 Å². The highest BCUT2D eigenvalue weighted by Crippen LogP contribution is 2.60. The van der Waals surface area contributed by atoms with Crippen LogP contribution in [-0.2, 0) is 11.8 Å². The highest BCUT2D eigenvalue weighted by atomic mass is 16.4. The number of hydrogen-bond donors (Lipinski definition) is 3. The molecule has 0 spiro atoms. The molecule has 4 aliphatic rings. The summed E-state index contributed by atoms with van der Waals surface area (Å²) >= 11 is 0. The van der Waals surface area contributed by atoms with Crippen LogP contribution in [0.3, 0.4) is 0 Å². The molecule has 0 saturated heterocycles. The maximum Gasteiger partial charge on any atom is 0.203 e. The lowest BCUT2D eigenvalue weighted by Gasteiger charge is -2.44. The number of fused-ring (bicyclic) bond motifs is 1. The summed E-state index contributed by atoms with van der Waals surface area (Å²) in [6.07, 6.45) is 20.7. The zero-order valence-corrected chi connectivity index (χ0v) is 24.2. The molecule has 5 nitrogen and oxygen atoms in total. The molecule has 1 heterocycles. The lowest BCUT2D eigenvalue weighted by atomic mass is 9.61. The predicted octanol–water partition coefficient (Wildman–Crippen LogP) is 6.74. The Bertz CT molecular complexity index is 1120. The van der Waals surface area contributed by atoms with Crippen LogP contribution in [0.15, 0.2) is 58.2 Å². The Morgan fingerprint density at radius 1 is 1.18 bits per heavy atom. The number of aryl methyl sites for hydroxylation is 1. The van der Waals surface area contributed by atoms with Gasteiger partial charge in [-0.1, -0.05) is 63.6 Å². The van der Waals surface area contributed by atoms with Crippen LogP contribution in [0.25, 0.3) is 0 Å². The summed E-state index contributed by atoms with van der Waals surface area (Å²) in [6, 6.07) is 0. The summed E-state index contributed by atoms with van der Waals surface area (Å²) in [5.74, 6) is 3.17. The maximum absolute atomic E-state index is 11.2. The molecule has 0 bridgehead atoms. The number of allylic oxidation sites excluding steroid dienone is 4. The van der Waals surface area contributed by atoms with Gasteiger partial charge in [-0.15, -0.1) is 0 Å². The van der Waals surface area contributed by atoms with Crippen molar-refractivity contribution in [2.45, 2.75) is 122 Å². The van der Waals surface area contributed by atoms with Gasteiger partial charge in [-0.25, -0.2) is 4.98 Å². The minimum absolute atomic E-state index is 0.244. The van der Waals surface area contributed by atoms with Crippen molar-refractivity contribution in [3.8, 4) is 0 Å². The molecule has 0 aliphatic heterocycles. The van der Waals surface area contributed by atoms with Crippen LogP contribution in [0.2, 0.25) is 0 Å². The summed E-state index contributed by atoms with van der Waals surface area (Å²) in [7, 11) is 0. The van der Waals surface area contributed by atoms with Crippen molar-refractivity contribution in [2.24, 2.45) is 23.2 Å². The van der Waals surface area contributed by atoms with Crippen LogP contribution in [0.4, 0.5) is 0 Å². The number of aliphatic hydroxyl groups excluding tert-OH is 3. The van der Waals surface area contributed by atoms with Crippen molar-refractivity contribution in [3.63, 3.8) is 0 Å². The Hall–Kier alpha value is -1.95. The first-order chi connectivity index (χ1) is 18.7. The second-order valence-corrected chi connectivity index (χ2v) is 13.2. The number of nitrogens with zero attached hydrogens (tertiary/aromatic N) is 1. The average molecular weight is 536 g/mol. The van der Waals surface area contributed by atoms with Crippen molar-refractivity contribution >= 4 is 0 Å². The third-order valence-electron chi connectivity index (χ3n) is 10.6. The van der Waals surface area contributed by atoms with Gasteiger partial charge in [0.05, 0.1) is 29.9 Å². The minimum atomic E-state index is -0.643. The fourth-order valence-corrected chi connectivity index (χ4v) is 7.98. The first kappa shape index (κ1) is 28.6. The zero-order chi connectivity index (χ0) is 27.8. The monoisotopic (exact) mass is 535 g/mol. The van der Waals surface area contributed by atoms with Crippen LogP contribution >= 0.6 is 0 Å². The van der Waals surface area contributed by atoms with Crippen molar-refractivity contribution < 1.29 is 19.7 Å². The van der Waals surface area contributed by atoms with E-state index in [1.54, 1.807) is 0 Å². The molecule has 214 valence electrons. The molecule has 0 aromatic carbocycles. The Balaban J connectivity index is 1.26. The van der Waals surface area contributed by atoms with E-state index in [1.807, 2.05) is 12.3 Å². The number of hydrogen-bond acceptors (Lipinski definition) is 5. The first-order valence-electron chi connectivity index (χ1n) is 15.4.